The lowest BCUT2D eigenvalue weighted by Gasteiger charge is -2.32. The first-order valence-electron chi connectivity index (χ1n) is 12.2. The van der Waals surface area contributed by atoms with Crippen molar-refractivity contribution in [3.05, 3.63) is 70.7 Å². The molecule has 1 saturated heterocycles. The minimum absolute atomic E-state index is 0.137. The maximum atomic E-state index is 13.6. The van der Waals surface area contributed by atoms with E-state index in [4.69, 9.17) is 22.4 Å². The zero-order valence-corrected chi connectivity index (χ0v) is 22.7. The second kappa shape index (κ2) is 11.8. The maximum Gasteiger partial charge on any atom is 0.325 e. The number of halogens is 3. The highest BCUT2D eigenvalue weighted by Crippen LogP contribution is 2.31. The van der Waals surface area contributed by atoms with Crippen LogP contribution in [0.3, 0.4) is 0 Å². The molecule has 0 bridgehead atoms. The molecule has 2 aliphatic rings. The first-order valence-corrected chi connectivity index (χ1v) is 14.0. The van der Waals surface area contributed by atoms with E-state index in [1.54, 1.807) is 24.3 Å². The summed E-state index contributed by atoms with van der Waals surface area (Å²) in [6.07, 6.45) is -0.721. The van der Waals surface area contributed by atoms with Crippen molar-refractivity contribution in [3.63, 3.8) is 0 Å². The van der Waals surface area contributed by atoms with Gasteiger partial charge in [0, 0.05) is 50.3 Å². The molecule has 2 aliphatic heterocycles. The molecule has 0 unspecified atom stereocenters. The smallest absolute Gasteiger partial charge is 0.325 e. The van der Waals surface area contributed by atoms with Crippen LogP contribution in [0.25, 0.3) is 0 Å². The zero-order chi connectivity index (χ0) is 28.2. The number of hydrogen-bond donors (Lipinski definition) is 2. The van der Waals surface area contributed by atoms with E-state index >= 15 is 0 Å². The van der Waals surface area contributed by atoms with Crippen LogP contribution < -0.4 is 11.1 Å². The van der Waals surface area contributed by atoms with Crippen molar-refractivity contribution < 1.29 is 22.0 Å². The Morgan fingerprint density at radius 3 is 2.36 bits per heavy atom. The number of alkyl halides is 2. The van der Waals surface area contributed by atoms with Crippen LogP contribution in [0.2, 0.25) is 5.02 Å². The van der Waals surface area contributed by atoms with Crippen molar-refractivity contribution in [1.82, 2.24) is 14.6 Å². The molecule has 0 radical (unpaired) electrons. The Bertz CT molecular complexity index is 1390. The third kappa shape index (κ3) is 7.37. The summed E-state index contributed by atoms with van der Waals surface area (Å²) < 4.78 is 58.3. The molecule has 14 heteroatoms. The van der Waals surface area contributed by atoms with Gasteiger partial charge in [0.05, 0.1) is 5.71 Å². The van der Waals surface area contributed by atoms with E-state index in [1.165, 1.54) is 11.9 Å². The number of benzene rings is 2. The van der Waals surface area contributed by atoms with E-state index in [9.17, 15) is 22.0 Å². The van der Waals surface area contributed by atoms with Crippen LogP contribution in [0.5, 0.6) is 0 Å². The largest absolute Gasteiger partial charge is 0.369 e. The number of rotatable bonds is 4. The highest BCUT2D eigenvalue weighted by Gasteiger charge is 2.39. The molecule has 2 aromatic carbocycles. The van der Waals surface area contributed by atoms with E-state index in [2.05, 4.69) is 14.7 Å². The summed E-state index contributed by atoms with van der Waals surface area (Å²) in [6.45, 7) is 0.630. The molecular weight excluding hydrogens is 552 g/mol. The summed E-state index contributed by atoms with van der Waals surface area (Å²) in [4.78, 5) is 15.6. The van der Waals surface area contributed by atoms with E-state index in [0.29, 0.717) is 17.2 Å². The predicted molar refractivity (Wildman–Crippen MR) is 146 cm³/mol. The molecule has 0 aliphatic carbocycles. The fourth-order valence-corrected chi connectivity index (χ4v) is 5.55. The molecule has 1 atom stereocenters. The molecule has 39 heavy (non-hydrogen) atoms. The van der Waals surface area contributed by atoms with Crippen LogP contribution in [-0.2, 0) is 15.0 Å². The van der Waals surface area contributed by atoms with E-state index in [1.807, 2.05) is 30.3 Å². The van der Waals surface area contributed by atoms with Gasteiger partial charge in [0.15, 0.2) is 0 Å². The summed E-state index contributed by atoms with van der Waals surface area (Å²) in [5.74, 6) is -4.40. The quantitative estimate of drug-likeness (QED) is 0.423. The Hall–Kier alpha value is -3.42. The number of hydrogen-bond acceptors (Lipinski definition) is 4. The molecule has 1 fully saturated rings. The maximum absolute atomic E-state index is 13.6. The average molecular weight is 580 g/mol. The van der Waals surface area contributed by atoms with Crippen LogP contribution in [-0.4, -0.2) is 66.8 Å². The van der Waals surface area contributed by atoms with Crippen molar-refractivity contribution in [2.24, 2.45) is 20.2 Å². The van der Waals surface area contributed by atoms with Gasteiger partial charge in [0.2, 0.25) is 11.9 Å². The van der Waals surface area contributed by atoms with Crippen molar-refractivity contribution in [1.29, 1.82) is 0 Å². The number of nitrogens with zero attached hydrogens (tertiary/aromatic N) is 5. The SMILES string of the molecule is CC(=O)N/C(N)=N/C(=N/S(=O)(=O)N1CCC(F)(F)CC1)N1CC[C@@H](c2ccccc2)C(c2ccc(Cl)cc2)=N1. The fraction of sp³-hybridized carbons (Fsp3) is 0.360. The Morgan fingerprint density at radius 2 is 1.74 bits per heavy atom. The number of piperidine rings is 1. The summed E-state index contributed by atoms with van der Waals surface area (Å²) in [5.41, 5.74) is 8.20. The number of hydrazone groups is 1. The minimum atomic E-state index is -4.43. The van der Waals surface area contributed by atoms with Gasteiger partial charge in [-0.15, -0.1) is 4.40 Å². The molecule has 3 N–H and O–H groups in total. The first-order chi connectivity index (χ1) is 18.4. The Labute approximate surface area is 230 Å². The zero-order valence-electron chi connectivity index (χ0n) is 21.1. The molecular formula is C25H28ClF2N7O3S. The molecule has 2 aromatic rings. The lowest BCUT2D eigenvalue weighted by Crippen LogP contribution is -2.43. The van der Waals surface area contributed by atoms with Crippen LogP contribution in [0, 0.1) is 0 Å². The molecule has 208 valence electrons. The Kier molecular flexibility index (Phi) is 8.62. The number of guanidine groups is 2. The molecule has 0 spiro atoms. The van der Waals surface area contributed by atoms with Gasteiger partial charge in [0.1, 0.15) is 0 Å². The van der Waals surface area contributed by atoms with Crippen molar-refractivity contribution in [2.45, 2.75) is 38.0 Å². The van der Waals surface area contributed by atoms with E-state index in [-0.39, 0.29) is 12.5 Å². The van der Waals surface area contributed by atoms with Crippen LogP contribution in [0.1, 0.15) is 43.2 Å². The van der Waals surface area contributed by atoms with Crippen LogP contribution in [0.15, 0.2) is 69.1 Å². The molecule has 1 amide bonds. The van der Waals surface area contributed by atoms with E-state index < -0.39 is 59.9 Å². The molecule has 2 heterocycles. The standard InChI is InChI=1S/C25H28ClF2N7O3S/c1-17(36)30-23(29)31-24(33-39(37,38)34-15-12-25(27,28)13-16-34)35-14-11-21(18-5-3-2-4-6-18)22(32-35)19-7-9-20(26)10-8-19/h2-10,21H,11-16H2,1H3,(H3,29,30,31,33,36)/t21-/m0/s1. The first kappa shape index (κ1) is 28.6. The molecule has 0 saturated carbocycles. The lowest BCUT2D eigenvalue weighted by atomic mass is 9.86. The second-order valence-corrected chi connectivity index (χ2v) is 11.2. The third-order valence-electron chi connectivity index (χ3n) is 6.26. The van der Waals surface area contributed by atoms with Crippen molar-refractivity contribution in [2.75, 3.05) is 19.6 Å². The third-order valence-corrected chi connectivity index (χ3v) is 7.93. The van der Waals surface area contributed by atoms with E-state index in [0.717, 1.165) is 15.4 Å². The summed E-state index contributed by atoms with van der Waals surface area (Å²) in [6, 6.07) is 16.7. The van der Waals surface area contributed by atoms with Gasteiger partial charge in [-0.2, -0.15) is 22.8 Å². The van der Waals surface area contributed by atoms with Gasteiger partial charge in [-0.05, 0) is 29.7 Å². The number of aliphatic imine (C=N–C) groups is 1. The second-order valence-electron chi connectivity index (χ2n) is 9.17. The number of nitrogens with one attached hydrogen (secondary N) is 1. The summed E-state index contributed by atoms with van der Waals surface area (Å²) in [7, 11) is -4.43. The van der Waals surface area contributed by atoms with Crippen molar-refractivity contribution in [3.8, 4) is 0 Å². The number of carbonyl (C=O) groups is 1. The highest BCUT2D eigenvalue weighted by molar-refractivity contribution is 7.87. The summed E-state index contributed by atoms with van der Waals surface area (Å²) in [5, 5.41) is 8.83. The van der Waals surface area contributed by atoms with Gasteiger partial charge in [0.25, 0.3) is 11.9 Å². The van der Waals surface area contributed by atoms with Gasteiger partial charge >= 0.3 is 10.2 Å². The van der Waals surface area contributed by atoms with Crippen LogP contribution >= 0.6 is 11.6 Å². The summed E-state index contributed by atoms with van der Waals surface area (Å²) >= 11 is 6.09. The Balaban J connectivity index is 1.77. The van der Waals surface area contributed by atoms with Crippen LogP contribution in [0.4, 0.5) is 8.78 Å². The number of nitrogens with two attached hydrogens (primary N) is 1. The highest BCUT2D eigenvalue weighted by atomic mass is 35.5. The molecule has 10 nitrogen and oxygen atoms in total. The fourth-order valence-electron chi connectivity index (χ4n) is 4.32. The van der Waals surface area contributed by atoms with Crippen molar-refractivity contribution >= 4 is 45.3 Å². The topological polar surface area (TPSA) is 133 Å². The van der Waals surface area contributed by atoms with Gasteiger partial charge in [-0.3, -0.25) is 10.1 Å². The molecule has 4 rings (SSSR count). The monoisotopic (exact) mass is 579 g/mol. The Morgan fingerprint density at radius 1 is 1.10 bits per heavy atom. The van der Waals surface area contributed by atoms with Gasteiger partial charge in [-0.25, -0.2) is 13.8 Å². The average Bonchev–Trinajstić information content (AvgIpc) is 2.88. The van der Waals surface area contributed by atoms with Gasteiger partial charge < -0.3 is 5.73 Å². The van der Waals surface area contributed by atoms with Gasteiger partial charge in [-0.1, -0.05) is 54.1 Å². The number of amides is 1. The molecule has 0 aromatic heterocycles. The predicted octanol–water partition coefficient (Wildman–Crippen LogP) is 3.32. The normalized spacial score (nSPS) is 20.9. The minimum Gasteiger partial charge on any atom is -0.369 e. The number of carbonyl (C=O) groups excluding carboxylic acids is 1. The lowest BCUT2D eigenvalue weighted by molar-refractivity contribution is -0.117.